The van der Waals surface area contributed by atoms with Crippen LogP contribution in [-0.4, -0.2) is 29.5 Å². The van der Waals surface area contributed by atoms with E-state index in [0.717, 1.165) is 17.7 Å². The first kappa shape index (κ1) is 25.2. The van der Waals surface area contributed by atoms with E-state index in [4.69, 9.17) is 23.8 Å². The molecule has 1 fully saturated rings. The standard InChI is InChI=1S/C30H28ClN3O2S/c1-19-18-30(2,3)32(4)26-17-25(31)20(15-23(19)26)16-24-27(35)33(21-11-7-5-8-12-21)29(37)34(28(24)36)22-13-9-6-10-14-22/h5-17,19H,18H2,1-4H3. The Kier molecular flexibility index (Phi) is 6.42. The predicted molar refractivity (Wildman–Crippen MR) is 155 cm³/mol. The number of thiocarbonyl (C=S) groups is 1. The lowest BCUT2D eigenvalue weighted by Gasteiger charge is -2.45. The van der Waals surface area contributed by atoms with Crippen molar-refractivity contribution in [3.63, 3.8) is 0 Å². The van der Waals surface area contributed by atoms with Crippen molar-refractivity contribution in [1.82, 2.24) is 0 Å². The topological polar surface area (TPSA) is 43.9 Å². The highest BCUT2D eigenvalue weighted by atomic mass is 35.5. The van der Waals surface area contributed by atoms with Crippen LogP contribution >= 0.6 is 23.8 Å². The van der Waals surface area contributed by atoms with E-state index in [1.807, 2.05) is 48.5 Å². The Hall–Kier alpha value is -3.48. The highest BCUT2D eigenvalue weighted by molar-refractivity contribution is 7.81. The molecule has 2 aliphatic heterocycles. The molecule has 1 saturated heterocycles. The zero-order chi connectivity index (χ0) is 26.5. The number of hydrogen-bond acceptors (Lipinski definition) is 4. The third-order valence-electron chi connectivity index (χ3n) is 7.33. The summed E-state index contributed by atoms with van der Waals surface area (Å²) in [4.78, 5) is 32.7. The summed E-state index contributed by atoms with van der Waals surface area (Å²) < 4.78 is 0. The van der Waals surface area contributed by atoms with Gasteiger partial charge >= 0.3 is 0 Å². The number of halogens is 1. The van der Waals surface area contributed by atoms with Crippen LogP contribution in [0.1, 0.15) is 44.2 Å². The van der Waals surface area contributed by atoms with Crippen LogP contribution in [0.3, 0.4) is 0 Å². The van der Waals surface area contributed by atoms with Gasteiger partial charge in [-0.25, -0.2) is 0 Å². The van der Waals surface area contributed by atoms with Crippen molar-refractivity contribution in [2.45, 2.75) is 38.6 Å². The summed E-state index contributed by atoms with van der Waals surface area (Å²) in [5, 5.41) is 0.591. The van der Waals surface area contributed by atoms with Gasteiger partial charge in [0.15, 0.2) is 5.11 Å². The smallest absolute Gasteiger partial charge is 0.270 e. The Morgan fingerprint density at radius 2 is 1.43 bits per heavy atom. The van der Waals surface area contributed by atoms with E-state index in [9.17, 15) is 9.59 Å². The van der Waals surface area contributed by atoms with Crippen molar-refractivity contribution in [2.24, 2.45) is 0 Å². The molecule has 5 nitrogen and oxygen atoms in total. The maximum absolute atomic E-state index is 13.8. The summed E-state index contributed by atoms with van der Waals surface area (Å²) in [7, 11) is 2.07. The van der Waals surface area contributed by atoms with Crippen molar-refractivity contribution < 1.29 is 9.59 Å². The van der Waals surface area contributed by atoms with Crippen LogP contribution in [0, 0.1) is 0 Å². The normalized spacial score (nSPS) is 19.3. The largest absolute Gasteiger partial charge is 0.369 e. The van der Waals surface area contributed by atoms with Crippen LogP contribution in [0.4, 0.5) is 17.1 Å². The highest BCUT2D eigenvalue weighted by Crippen LogP contribution is 2.45. The van der Waals surface area contributed by atoms with Crippen molar-refractivity contribution >= 4 is 63.9 Å². The summed E-state index contributed by atoms with van der Waals surface area (Å²) in [6, 6.07) is 22.2. The van der Waals surface area contributed by atoms with Crippen LogP contribution in [0.15, 0.2) is 78.4 Å². The number of anilines is 3. The number of rotatable bonds is 3. The van der Waals surface area contributed by atoms with E-state index in [1.165, 1.54) is 9.80 Å². The molecule has 0 aliphatic carbocycles. The van der Waals surface area contributed by atoms with E-state index >= 15 is 0 Å². The van der Waals surface area contributed by atoms with E-state index in [2.05, 4.69) is 32.7 Å². The van der Waals surface area contributed by atoms with Crippen LogP contribution < -0.4 is 14.7 Å². The van der Waals surface area contributed by atoms with Crippen LogP contribution in [0.5, 0.6) is 0 Å². The van der Waals surface area contributed by atoms with Crippen molar-refractivity contribution in [1.29, 1.82) is 0 Å². The molecule has 3 aromatic rings. The van der Waals surface area contributed by atoms with Gasteiger partial charge in [0.25, 0.3) is 11.8 Å². The molecule has 1 unspecified atom stereocenters. The van der Waals surface area contributed by atoms with Gasteiger partial charge in [0.1, 0.15) is 5.57 Å². The lowest BCUT2D eigenvalue weighted by Crippen LogP contribution is -2.56. The van der Waals surface area contributed by atoms with Gasteiger partial charge in [-0.1, -0.05) is 54.9 Å². The van der Waals surface area contributed by atoms with Gasteiger partial charge in [0.2, 0.25) is 0 Å². The molecule has 7 heteroatoms. The third kappa shape index (κ3) is 4.34. The fourth-order valence-electron chi connectivity index (χ4n) is 5.21. The second kappa shape index (κ2) is 9.43. The SMILES string of the molecule is CC1CC(C)(C)N(C)c2cc(Cl)c(C=C3C(=O)N(c4ccccc4)C(=S)N(c4ccccc4)C3=O)cc21. The Morgan fingerprint density at radius 1 is 0.919 bits per heavy atom. The molecule has 3 aromatic carbocycles. The fourth-order valence-corrected chi connectivity index (χ4v) is 5.80. The summed E-state index contributed by atoms with van der Waals surface area (Å²) in [5.41, 5.74) is 4.01. The molecule has 5 rings (SSSR count). The molecule has 1 atom stereocenters. The van der Waals surface area contributed by atoms with Gasteiger partial charge in [0, 0.05) is 23.3 Å². The summed E-state index contributed by atoms with van der Waals surface area (Å²) >= 11 is 12.5. The Bertz CT molecular complexity index is 1370. The minimum absolute atomic E-state index is 0.000281. The predicted octanol–water partition coefficient (Wildman–Crippen LogP) is 6.81. The van der Waals surface area contributed by atoms with Gasteiger partial charge in [-0.05, 0) is 92.0 Å². The maximum atomic E-state index is 13.8. The van der Waals surface area contributed by atoms with E-state index in [-0.39, 0.29) is 16.2 Å². The summed E-state index contributed by atoms with van der Waals surface area (Å²) in [6.45, 7) is 6.63. The van der Waals surface area contributed by atoms with Gasteiger partial charge in [-0.2, -0.15) is 0 Å². The van der Waals surface area contributed by atoms with Gasteiger partial charge < -0.3 is 4.90 Å². The quantitative estimate of drug-likeness (QED) is 0.212. The minimum Gasteiger partial charge on any atom is -0.369 e. The van der Waals surface area contributed by atoms with Crippen molar-refractivity contribution in [3.8, 4) is 0 Å². The average molecular weight is 530 g/mol. The molecule has 0 saturated carbocycles. The molecule has 0 radical (unpaired) electrons. The van der Waals surface area contributed by atoms with Crippen LogP contribution in [0.25, 0.3) is 6.08 Å². The van der Waals surface area contributed by atoms with E-state index < -0.39 is 11.8 Å². The monoisotopic (exact) mass is 529 g/mol. The van der Waals surface area contributed by atoms with Gasteiger partial charge in [-0.15, -0.1) is 0 Å². The third-order valence-corrected chi connectivity index (χ3v) is 8.02. The molecule has 2 aliphatic rings. The second-order valence-electron chi connectivity index (χ2n) is 10.2. The van der Waals surface area contributed by atoms with Gasteiger partial charge in [-0.3, -0.25) is 19.4 Å². The zero-order valence-electron chi connectivity index (χ0n) is 21.2. The van der Waals surface area contributed by atoms with Crippen molar-refractivity contribution in [3.05, 3.63) is 94.5 Å². The Morgan fingerprint density at radius 3 is 1.95 bits per heavy atom. The van der Waals surface area contributed by atoms with Crippen LogP contribution in [0.2, 0.25) is 5.02 Å². The summed E-state index contributed by atoms with van der Waals surface area (Å²) in [5.74, 6) is -0.662. The molecule has 37 heavy (non-hydrogen) atoms. The second-order valence-corrected chi connectivity index (χ2v) is 11.0. The lowest BCUT2D eigenvalue weighted by atomic mass is 9.80. The van der Waals surface area contributed by atoms with Crippen molar-refractivity contribution in [2.75, 3.05) is 21.7 Å². The summed E-state index contributed by atoms with van der Waals surface area (Å²) in [6.07, 6.45) is 2.58. The molecule has 0 N–H and O–H groups in total. The first-order valence-electron chi connectivity index (χ1n) is 12.2. The highest BCUT2D eigenvalue weighted by Gasteiger charge is 2.41. The molecule has 2 amide bonds. The maximum Gasteiger partial charge on any atom is 0.270 e. The molecule has 0 bridgehead atoms. The number of carbonyl (C=O) groups is 2. The minimum atomic E-state index is -0.478. The molecular formula is C30H28ClN3O2S. The number of para-hydroxylation sites is 2. The van der Waals surface area contributed by atoms with Crippen LogP contribution in [-0.2, 0) is 9.59 Å². The number of fused-ring (bicyclic) bond motifs is 1. The van der Waals surface area contributed by atoms with Gasteiger partial charge in [0.05, 0.1) is 11.4 Å². The number of benzene rings is 3. The number of hydrogen-bond donors (Lipinski definition) is 0. The van der Waals surface area contributed by atoms with E-state index in [0.29, 0.717) is 27.9 Å². The zero-order valence-corrected chi connectivity index (χ0v) is 22.8. The number of amides is 2. The first-order chi connectivity index (χ1) is 17.6. The lowest BCUT2D eigenvalue weighted by molar-refractivity contribution is -0.120. The van der Waals surface area contributed by atoms with E-state index in [1.54, 1.807) is 30.3 Å². The molecule has 0 aromatic heterocycles. The number of carbonyl (C=O) groups excluding carboxylic acids is 2. The Labute approximate surface area is 227 Å². The molecule has 188 valence electrons. The average Bonchev–Trinajstić information content (AvgIpc) is 2.87. The molecule has 0 spiro atoms. The first-order valence-corrected chi connectivity index (χ1v) is 13.0. The molecule has 2 heterocycles. The number of nitrogens with zero attached hydrogens (tertiary/aromatic N) is 3. The fraction of sp³-hybridized carbons (Fsp3) is 0.233. The Balaban J connectivity index is 1.65. The molecular weight excluding hydrogens is 502 g/mol.